The number of fused-ring (bicyclic) bond motifs is 2. The van der Waals surface area contributed by atoms with E-state index in [4.69, 9.17) is 19.2 Å². The fraction of sp³-hybridized carbons (Fsp3) is 0.194. The molecule has 1 atom stereocenters. The topological polar surface area (TPSA) is 79.1 Å². The summed E-state index contributed by atoms with van der Waals surface area (Å²) in [6, 6.07) is 27.0. The van der Waals surface area contributed by atoms with Crippen LogP contribution in [-0.4, -0.2) is 23.8 Å². The van der Waals surface area contributed by atoms with Gasteiger partial charge in [-0.1, -0.05) is 84.1 Å². The smallest absolute Gasteiger partial charge is 0.338 e. The summed E-state index contributed by atoms with van der Waals surface area (Å²) < 4.78 is 20.6. The van der Waals surface area contributed by atoms with Crippen LogP contribution >= 0.6 is 33.9 Å². The first-order chi connectivity index (χ1) is 21.9. The van der Waals surface area contributed by atoms with Crippen LogP contribution in [0.5, 0.6) is 11.5 Å². The van der Waals surface area contributed by atoms with Crippen LogP contribution in [0.25, 0.3) is 16.8 Å². The van der Waals surface area contributed by atoms with E-state index in [0.717, 1.165) is 31.0 Å². The largest absolute Gasteiger partial charge is 0.490 e. The summed E-state index contributed by atoms with van der Waals surface area (Å²) in [5, 5.41) is 1.97. The second-order valence-electron chi connectivity index (χ2n) is 10.4. The number of thiazole rings is 1. The zero-order chi connectivity index (χ0) is 31.5. The van der Waals surface area contributed by atoms with Crippen LogP contribution in [0, 0.1) is 3.57 Å². The number of aromatic nitrogens is 1. The molecule has 4 aromatic carbocycles. The van der Waals surface area contributed by atoms with Crippen LogP contribution in [0.3, 0.4) is 0 Å². The molecule has 0 bridgehead atoms. The summed E-state index contributed by atoms with van der Waals surface area (Å²) in [4.78, 5) is 32.9. The van der Waals surface area contributed by atoms with Crippen molar-refractivity contribution in [2.45, 2.75) is 33.4 Å². The number of nitrogens with zero attached hydrogens (tertiary/aromatic N) is 2. The Hall–Kier alpha value is -4.22. The Bertz CT molecular complexity index is 2110. The molecule has 1 aliphatic rings. The first kappa shape index (κ1) is 30.8. The van der Waals surface area contributed by atoms with Crippen LogP contribution in [-0.2, 0) is 16.1 Å². The van der Waals surface area contributed by atoms with Crippen molar-refractivity contribution in [3.63, 3.8) is 0 Å². The van der Waals surface area contributed by atoms with Gasteiger partial charge < -0.3 is 14.2 Å². The maximum atomic E-state index is 14.2. The summed E-state index contributed by atoms with van der Waals surface area (Å²) in [6.07, 6.45) is 1.85. The maximum absolute atomic E-state index is 14.2. The lowest BCUT2D eigenvalue weighted by Crippen LogP contribution is -2.40. The lowest BCUT2D eigenvalue weighted by atomic mass is 9.91. The van der Waals surface area contributed by atoms with E-state index in [1.165, 1.54) is 11.3 Å². The van der Waals surface area contributed by atoms with Gasteiger partial charge in [0.2, 0.25) is 0 Å². The molecule has 0 unspecified atom stereocenters. The number of allylic oxidation sites excluding steroid dienone is 1. The zero-order valence-corrected chi connectivity index (χ0v) is 28.1. The van der Waals surface area contributed by atoms with E-state index in [1.54, 1.807) is 18.4 Å². The van der Waals surface area contributed by atoms with E-state index in [0.29, 0.717) is 45.3 Å². The van der Waals surface area contributed by atoms with Crippen molar-refractivity contribution < 1.29 is 19.0 Å². The number of halogens is 1. The molecule has 0 saturated carbocycles. The van der Waals surface area contributed by atoms with Gasteiger partial charge in [0, 0.05) is 0 Å². The monoisotopic (exact) mass is 730 g/mol. The summed E-state index contributed by atoms with van der Waals surface area (Å²) in [6.45, 7) is 6.58. The number of carbonyl (C=O) groups is 1. The Labute approximate surface area is 278 Å². The molecule has 0 spiro atoms. The first-order valence-electron chi connectivity index (χ1n) is 14.7. The molecule has 0 radical (unpaired) electrons. The Morgan fingerprint density at radius 3 is 2.51 bits per heavy atom. The Morgan fingerprint density at radius 1 is 0.978 bits per heavy atom. The van der Waals surface area contributed by atoms with Crippen LogP contribution in [0.1, 0.15) is 43.5 Å². The summed E-state index contributed by atoms with van der Waals surface area (Å²) >= 11 is 3.54. The number of carbonyl (C=O) groups excluding carboxylic acids is 1. The number of benzene rings is 4. The lowest BCUT2D eigenvalue weighted by Gasteiger charge is -2.25. The van der Waals surface area contributed by atoms with Crippen molar-refractivity contribution in [2.75, 3.05) is 13.2 Å². The number of esters is 1. The minimum atomic E-state index is -0.693. The van der Waals surface area contributed by atoms with E-state index in [9.17, 15) is 9.59 Å². The Morgan fingerprint density at radius 2 is 1.73 bits per heavy atom. The van der Waals surface area contributed by atoms with Gasteiger partial charge in [0.05, 0.1) is 38.6 Å². The number of ether oxygens (including phenoxy) is 3. The molecule has 5 aromatic rings. The summed E-state index contributed by atoms with van der Waals surface area (Å²) in [7, 11) is 0. The van der Waals surface area contributed by atoms with Gasteiger partial charge in [-0.15, -0.1) is 0 Å². The van der Waals surface area contributed by atoms with Gasteiger partial charge in [-0.3, -0.25) is 9.36 Å². The van der Waals surface area contributed by atoms with Crippen molar-refractivity contribution in [1.29, 1.82) is 0 Å². The minimum absolute atomic E-state index is 0.216. The van der Waals surface area contributed by atoms with Gasteiger partial charge in [-0.25, -0.2) is 9.79 Å². The number of hydrogen-bond acceptors (Lipinski definition) is 7. The van der Waals surface area contributed by atoms with Gasteiger partial charge >= 0.3 is 5.97 Å². The highest BCUT2D eigenvalue weighted by molar-refractivity contribution is 14.1. The van der Waals surface area contributed by atoms with Crippen LogP contribution in [0.15, 0.2) is 106 Å². The summed E-state index contributed by atoms with van der Waals surface area (Å²) in [5.41, 5.74) is 3.35. The van der Waals surface area contributed by atoms with Crippen LogP contribution in [0.4, 0.5) is 0 Å². The average molecular weight is 731 g/mol. The van der Waals surface area contributed by atoms with Crippen molar-refractivity contribution in [1.82, 2.24) is 4.57 Å². The van der Waals surface area contributed by atoms with Gasteiger partial charge in [0.15, 0.2) is 16.3 Å². The van der Waals surface area contributed by atoms with Crippen molar-refractivity contribution in [3.05, 3.63) is 136 Å². The highest BCUT2D eigenvalue weighted by atomic mass is 127. The normalized spacial score (nSPS) is 14.7. The molecule has 0 N–H and O–H groups in total. The van der Waals surface area contributed by atoms with Gasteiger partial charge in [-0.05, 0) is 89.0 Å². The fourth-order valence-electron chi connectivity index (χ4n) is 5.53. The molecular weight excluding hydrogens is 699 g/mol. The number of rotatable bonds is 9. The molecule has 1 aliphatic heterocycles. The fourth-order valence-corrected chi connectivity index (χ4v) is 7.36. The third-order valence-corrected chi connectivity index (χ3v) is 9.27. The van der Waals surface area contributed by atoms with E-state index >= 15 is 0 Å². The van der Waals surface area contributed by atoms with Crippen molar-refractivity contribution in [3.8, 4) is 11.5 Å². The lowest BCUT2D eigenvalue weighted by molar-refractivity contribution is -0.139. The standard InChI is InChI=1S/C36H31IN2O5S/c1-4-42-29-19-24(18-28(37)33(29)44-21-23-12-7-6-8-13-23)20-30-34(40)39-32(27-17-11-15-25-14-9-10-16-26(25)27)31(35(41)43-5-2)22(3)38-36(39)45-30/h6-20,32H,4-5,21H2,1-3H3/b30-20-/t32-/m0/s1. The third-order valence-electron chi connectivity index (χ3n) is 7.49. The van der Waals surface area contributed by atoms with E-state index in [2.05, 4.69) is 22.6 Å². The van der Waals surface area contributed by atoms with Crippen molar-refractivity contribution >= 4 is 56.7 Å². The molecule has 228 valence electrons. The molecular formula is C36H31IN2O5S. The molecule has 9 heteroatoms. The Balaban J connectivity index is 1.48. The van der Waals surface area contributed by atoms with Crippen molar-refractivity contribution in [2.24, 2.45) is 4.99 Å². The SMILES string of the molecule is CCOC(=O)C1=C(C)N=c2s/c(=C\c3cc(I)c(OCc4ccccc4)c(OCC)c3)c(=O)n2[C@H]1c1cccc2ccccc12. The zero-order valence-electron chi connectivity index (χ0n) is 25.1. The minimum Gasteiger partial charge on any atom is -0.490 e. The van der Waals surface area contributed by atoms with Gasteiger partial charge in [0.25, 0.3) is 5.56 Å². The predicted octanol–water partition coefficient (Wildman–Crippen LogP) is 6.53. The molecule has 0 saturated heterocycles. The molecule has 7 nitrogen and oxygen atoms in total. The molecule has 6 rings (SSSR count). The molecule has 0 fully saturated rings. The highest BCUT2D eigenvalue weighted by Gasteiger charge is 2.34. The summed E-state index contributed by atoms with van der Waals surface area (Å²) in [5.74, 6) is 0.784. The second-order valence-corrected chi connectivity index (χ2v) is 12.6. The van der Waals surface area contributed by atoms with E-state index in [-0.39, 0.29) is 12.2 Å². The van der Waals surface area contributed by atoms with E-state index in [1.807, 2.05) is 97.9 Å². The van der Waals surface area contributed by atoms with Gasteiger partial charge in [-0.2, -0.15) is 0 Å². The molecule has 0 aliphatic carbocycles. The first-order valence-corrected chi connectivity index (χ1v) is 16.6. The molecule has 1 aromatic heterocycles. The Kier molecular flexibility index (Phi) is 9.18. The van der Waals surface area contributed by atoms with Gasteiger partial charge in [0.1, 0.15) is 6.61 Å². The predicted molar refractivity (Wildman–Crippen MR) is 185 cm³/mol. The third kappa shape index (κ3) is 6.19. The quantitative estimate of drug-likeness (QED) is 0.127. The number of hydrogen-bond donors (Lipinski definition) is 0. The highest BCUT2D eigenvalue weighted by Crippen LogP contribution is 2.36. The second kappa shape index (κ2) is 13.4. The van der Waals surface area contributed by atoms with Crippen LogP contribution < -0.4 is 24.4 Å². The maximum Gasteiger partial charge on any atom is 0.338 e. The average Bonchev–Trinajstić information content (AvgIpc) is 3.34. The molecule has 2 heterocycles. The molecule has 0 amide bonds. The van der Waals surface area contributed by atoms with E-state index < -0.39 is 12.0 Å². The molecule has 45 heavy (non-hydrogen) atoms. The van der Waals surface area contributed by atoms with Crippen LogP contribution in [0.2, 0.25) is 0 Å².